The number of ether oxygens (including phenoxy) is 1. The van der Waals surface area contributed by atoms with Crippen LogP contribution in [-0.4, -0.2) is 196 Å². The van der Waals surface area contributed by atoms with E-state index in [1.54, 1.807) is 133 Å². The van der Waals surface area contributed by atoms with Crippen LogP contribution in [0.15, 0.2) is 54.3 Å². The zero-order valence-corrected chi connectivity index (χ0v) is 69.6. The summed E-state index contributed by atoms with van der Waals surface area (Å²) in [6, 6.07) is -8.09. The summed E-state index contributed by atoms with van der Waals surface area (Å²) in [6.07, 6.45) is 5.14. The van der Waals surface area contributed by atoms with Crippen LogP contribution in [0.4, 0.5) is 0 Å². The van der Waals surface area contributed by atoms with Crippen molar-refractivity contribution in [3.05, 3.63) is 59.8 Å². The first-order valence-corrected chi connectivity index (χ1v) is 40.1. The van der Waals surface area contributed by atoms with Crippen LogP contribution in [0.2, 0.25) is 0 Å². The maximum atomic E-state index is 15.2. The fraction of sp³-hybridized carbons (Fsp3) is 0.691. The molecule has 31 nitrogen and oxygen atoms in total. The van der Waals surface area contributed by atoms with Crippen LogP contribution in [0.3, 0.4) is 0 Å². The smallest absolute Gasteiger partial charge is 0.329 e. The van der Waals surface area contributed by atoms with Gasteiger partial charge in [0.1, 0.15) is 84.3 Å². The van der Waals surface area contributed by atoms with Crippen molar-refractivity contribution in [3.8, 4) is 0 Å². The van der Waals surface area contributed by atoms with Crippen molar-refractivity contribution in [1.29, 1.82) is 0 Å². The van der Waals surface area contributed by atoms with Gasteiger partial charge in [-0.2, -0.15) is 0 Å². The molecule has 1 aromatic rings. The van der Waals surface area contributed by atoms with Gasteiger partial charge in [0.15, 0.2) is 0 Å². The number of unbranched alkanes of at least 4 members (excludes halogenated alkanes) is 1. The summed E-state index contributed by atoms with van der Waals surface area (Å²) in [7, 11) is 0. The second kappa shape index (κ2) is 47.9. The second-order valence-corrected chi connectivity index (χ2v) is 31.9. The van der Waals surface area contributed by atoms with E-state index in [1.165, 1.54) is 37.8 Å². The number of rotatable bonds is 37. The molecular formula is C81H132N14O17. The van der Waals surface area contributed by atoms with Crippen molar-refractivity contribution < 1.29 is 81.8 Å². The number of hydrogen-bond acceptors (Lipinski definition) is 17. The molecule has 14 N–H and O–H groups in total. The number of amides is 14. The fourth-order valence-electron chi connectivity index (χ4n) is 12.7. The Morgan fingerprint density at radius 2 is 1.17 bits per heavy atom. The number of aliphatic hydroxyl groups excluding tert-OH is 1. The third-order valence-electron chi connectivity index (χ3n) is 20.3. The van der Waals surface area contributed by atoms with Crippen LogP contribution in [0, 0.1) is 47.3 Å². The summed E-state index contributed by atoms with van der Waals surface area (Å²) < 4.78 is 5.99. The maximum absolute atomic E-state index is 15.2. The molecule has 0 bridgehead atoms. The monoisotopic (exact) mass is 1570 g/mol. The number of hydrogen-bond donors (Lipinski definition) is 14. The standard InChI is InChI=1S/C81H132N14O17/c1-21-25-27-38-58(97)82-40-31-36-55(84-72(102)57-37-32-41-95(57)80(110)63(47(13)14)89-75(105)62(46(11)12)88-78(108)67(51(19)96)93-74(104)60(44(7)8)86-59(98)39-30-33-43(5)6)70(100)91-65(49(17)22-2)77(107)94-68-52(20)112-81(111)64(48(15)16)90-69(99)54(24-4)83-71(101)56(42-53-34-28-26-29-35-53)85-73(103)61(45(9)10)87-76(106)66(50(18)23-3)92-79(68)109/h24,26-29,34-35,38,43-52,55-57,60-68,96H,21-23,25,30-33,36-37,39-42H2,1-20H3,(H,82,97)(H,83,101)(H,84,102)(H,85,103)(H,86,98)(H,87,106)(H,88,108)(H,89,105)(H,90,99)(H,91,100)(H,92,109)(H,93,104)(H,94,107)/b38-27+,54-24-/t49-,50-,51+,52+,55-,56-,57+,60+,61+,62-,63+,64-,65+,66+,67-,68+/m0/s1. The van der Waals surface area contributed by atoms with E-state index >= 15 is 14.4 Å². The number of carbonyl (C=O) groups is 15. The number of allylic oxidation sites excluding steroid dienone is 2. The largest absolute Gasteiger partial charge is 0.458 e. The van der Waals surface area contributed by atoms with Crippen molar-refractivity contribution >= 4 is 88.7 Å². The molecule has 0 aliphatic carbocycles. The molecule has 31 heteroatoms. The minimum Gasteiger partial charge on any atom is -0.458 e. The molecule has 3 rings (SSSR count). The zero-order chi connectivity index (χ0) is 84.5. The number of cyclic esters (lactones) is 1. The minimum absolute atomic E-state index is 0.0230. The molecule has 2 aliphatic heterocycles. The first-order chi connectivity index (χ1) is 52.6. The molecule has 0 spiro atoms. The molecule has 2 saturated heterocycles. The third kappa shape index (κ3) is 30.7. The lowest BCUT2D eigenvalue weighted by Crippen LogP contribution is -2.64. The molecule has 628 valence electrons. The normalized spacial score (nSPS) is 21.9. The van der Waals surface area contributed by atoms with Gasteiger partial charge in [-0.25, -0.2) is 4.79 Å². The Bertz CT molecular complexity index is 3410. The number of carbonyl (C=O) groups excluding carboxylic acids is 15. The third-order valence-corrected chi connectivity index (χ3v) is 20.3. The number of esters is 1. The average Bonchev–Trinajstić information content (AvgIpc) is 1.52. The molecule has 2 aliphatic rings. The van der Waals surface area contributed by atoms with Crippen LogP contribution in [0.5, 0.6) is 0 Å². The molecule has 0 saturated carbocycles. The van der Waals surface area contributed by atoms with Crippen molar-refractivity contribution in [3.63, 3.8) is 0 Å². The molecule has 112 heavy (non-hydrogen) atoms. The quantitative estimate of drug-likeness (QED) is 0.0258. The van der Waals surface area contributed by atoms with E-state index in [4.69, 9.17) is 4.74 Å². The van der Waals surface area contributed by atoms with Gasteiger partial charge in [0, 0.05) is 25.9 Å². The van der Waals surface area contributed by atoms with Gasteiger partial charge in [0.05, 0.1) is 6.10 Å². The second-order valence-electron chi connectivity index (χ2n) is 31.9. The predicted octanol–water partition coefficient (Wildman–Crippen LogP) is 3.35. The Morgan fingerprint density at radius 1 is 0.607 bits per heavy atom. The van der Waals surface area contributed by atoms with Crippen LogP contribution in [0.1, 0.15) is 215 Å². The van der Waals surface area contributed by atoms with Gasteiger partial charge in [-0.15, -0.1) is 0 Å². The Kier molecular flexibility index (Phi) is 41.5. The fourth-order valence-corrected chi connectivity index (χ4v) is 12.7. The van der Waals surface area contributed by atoms with Crippen LogP contribution >= 0.6 is 0 Å². The molecule has 2 fully saturated rings. The van der Waals surface area contributed by atoms with Crippen molar-refractivity contribution in [2.45, 2.75) is 300 Å². The van der Waals surface area contributed by atoms with Gasteiger partial charge in [-0.05, 0) is 118 Å². The van der Waals surface area contributed by atoms with Gasteiger partial charge in [0.25, 0.3) is 5.91 Å². The van der Waals surface area contributed by atoms with Gasteiger partial charge in [-0.1, -0.05) is 186 Å². The zero-order valence-electron chi connectivity index (χ0n) is 69.6. The van der Waals surface area contributed by atoms with Crippen molar-refractivity contribution in [2.24, 2.45) is 47.3 Å². The lowest BCUT2D eigenvalue weighted by atomic mass is 9.95. The van der Waals surface area contributed by atoms with E-state index in [-0.39, 0.29) is 69.6 Å². The highest BCUT2D eigenvalue weighted by Crippen LogP contribution is 2.23. The molecule has 14 amide bonds. The summed E-state index contributed by atoms with van der Waals surface area (Å²) >= 11 is 0. The van der Waals surface area contributed by atoms with Gasteiger partial charge < -0.3 is 83.9 Å². The maximum Gasteiger partial charge on any atom is 0.329 e. The van der Waals surface area contributed by atoms with E-state index in [9.17, 15) is 62.6 Å². The summed E-state index contributed by atoms with van der Waals surface area (Å²) in [5, 5.41) is 46.1. The molecule has 2 heterocycles. The highest BCUT2D eigenvalue weighted by molar-refractivity contribution is 6.03. The van der Waals surface area contributed by atoms with E-state index in [0.29, 0.717) is 30.7 Å². The van der Waals surface area contributed by atoms with E-state index in [2.05, 4.69) is 69.1 Å². The topological polar surface area (TPSA) is 445 Å². The number of likely N-dealkylation sites (tertiary alicyclic amines) is 1. The molecule has 0 radical (unpaired) electrons. The predicted molar refractivity (Wildman–Crippen MR) is 423 cm³/mol. The Labute approximate surface area is 662 Å². The summed E-state index contributed by atoms with van der Waals surface area (Å²) in [4.78, 5) is 217. The number of aliphatic hydroxyl groups is 1. The van der Waals surface area contributed by atoms with Crippen LogP contribution in [0.25, 0.3) is 0 Å². The Balaban J connectivity index is 2.09. The Morgan fingerprint density at radius 3 is 1.72 bits per heavy atom. The first-order valence-electron chi connectivity index (χ1n) is 40.1. The molecule has 0 aromatic heterocycles. The lowest BCUT2D eigenvalue weighted by Gasteiger charge is -2.34. The molecule has 1 aromatic carbocycles. The van der Waals surface area contributed by atoms with Gasteiger partial charge >= 0.3 is 5.97 Å². The average molecular weight is 1570 g/mol. The number of nitrogens with zero attached hydrogens (tertiary/aromatic N) is 1. The van der Waals surface area contributed by atoms with Gasteiger partial charge in [-0.3, -0.25) is 67.1 Å². The van der Waals surface area contributed by atoms with E-state index < -0.39 is 209 Å². The SMILES string of the molecule is C/C=C1\NC(=O)[C@H](Cc2ccccc2)NC(=O)[C@@H](C(C)C)NC(=O)[C@@H]([C@@H](C)CC)NC(=O)[C@H](NC(=O)[C@H](NC(=O)[C@H](CCCNC(=O)/C=C/CCC)NC(=O)[C@H]2CCCN2C(=O)[C@H](NC(=O)[C@@H](NC(=O)[C@@H](NC(=O)[C@H](NC(=O)CCCC(C)C)C(C)C)[C@@H](C)O)C(C)C)C(C)C)[C@@H](C)CC)[C@@H](C)OC(=O)[C@H](C(C)C)NC1=O. The van der Waals surface area contributed by atoms with Crippen molar-refractivity contribution in [1.82, 2.24) is 74.0 Å². The first kappa shape index (κ1) is 96.9. The molecular weight excluding hydrogens is 1440 g/mol. The molecule has 16 atom stereocenters. The number of benzene rings is 1. The number of nitrogens with one attached hydrogen (secondary N) is 13. The lowest BCUT2D eigenvalue weighted by molar-refractivity contribution is -0.157. The van der Waals surface area contributed by atoms with Crippen LogP contribution in [-0.2, 0) is 83.1 Å². The highest BCUT2D eigenvalue weighted by Gasteiger charge is 2.45. The van der Waals surface area contributed by atoms with E-state index in [0.717, 1.165) is 12.8 Å². The van der Waals surface area contributed by atoms with Crippen molar-refractivity contribution in [2.75, 3.05) is 13.1 Å². The van der Waals surface area contributed by atoms with Gasteiger partial charge in [0.2, 0.25) is 76.8 Å². The minimum atomic E-state index is -1.86. The summed E-state index contributed by atoms with van der Waals surface area (Å²) in [5.41, 5.74) is 0.353. The summed E-state index contributed by atoms with van der Waals surface area (Å²) in [5.74, 6) is -16.0. The van der Waals surface area contributed by atoms with Crippen LogP contribution < -0.4 is 69.1 Å². The summed E-state index contributed by atoms with van der Waals surface area (Å²) in [6.45, 7) is 33.5. The molecule has 0 unspecified atom stereocenters. The van der Waals surface area contributed by atoms with E-state index in [1.807, 2.05) is 20.8 Å². The Hall–Kier alpha value is -9.29. The highest BCUT2D eigenvalue weighted by atomic mass is 16.5.